The molecule has 3 fully saturated rings. The lowest BCUT2D eigenvalue weighted by atomic mass is 9.84. The molecule has 582 valence electrons. The molecule has 3 aliphatic rings. The zero-order valence-electron chi connectivity index (χ0n) is 62.8. The number of benzene rings is 7. The topological polar surface area (TPSA) is 352 Å². The van der Waals surface area contributed by atoms with Gasteiger partial charge in [-0.1, -0.05) is 72.8 Å². The van der Waals surface area contributed by atoms with Crippen LogP contribution in [0.4, 0.5) is 0 Å². The van der Waals surface area contributed by atoms with Crippen molar-refractivity contribution in [3.63, 3.8) is 0 Å². The molecular weight excluding hydrogens is 1410 g/mol. The first kappa shape index (κ1) is 86.2. The van der Waals surface area contributed by atoms with Crippen molar-refractivity contribution in [3.05, 3.63) is 213 Å². The van der Waals surface area contributed by atoms with Gasteiger partial charge < -0.3 is 77.1 Å². The summed E-state index contributed by atoms with van der Waals surface area (Å²) in [4.78, 5) is 123. The minimum Gasteiger partial charge on any atom is -0.497 e. The van der Waals surface area contributed by atoms with E-state index in [1.807, 2.05) is 78.3 Å². The summed E-state index contributed by atoms with van der Waals surface area (Å²) in [6.07, 6.45) is -5.70. The SMILES string of the molecule is COc1cc(C)c(C2CCN(C)CC2=O)c(OC)c1.COc1cc(C)c(C2CCN(C)CC2O)c(OC)c1.COc1cc(C)c([C@H]2CCN(C)CC2=O)c(OC)c1.O=CO[C@@H](OC(=O)c1ccccc1)[C@H](OC(=O)c1ccccc1)C(=O)O.O=CO[C@@H](OC(=O)c1ccccc1)[C@H](OC(=O)c1ccccc1)C(=O)O. The van der Waals surface area contributed by atoms with Gasteiger partial charge in [-0.25, -0.2) is 28.8 Å². The van der Waals surface area contributed by atoms with E-state index in [1.165, 1.54) is 48.5 Å². The number of hydrogen-bond acceptors (Lipinski definition) is 26. The van der Waals surface area contributed by atoms with Gasteiger partial charge in [-0.05, 0) is 164 Å². The van der Waals surface area contributed by atoms with Crippen LogP contribution in [0.25, 0.3) is 0 Å². The predicted molar refractivity (Wildman–Crippen MR) is 396 cm³/mol. The minimum atomic E-state index is -2.04. The maximum atomic E-state index is 12.3. The van der Waals surface area contributed by atoms with Crippen LogP contribution in [-0.4, -0.2) is 224 Å². The summed E-state index contributed by atoms with van der Waals surface area (Å²) in [6.45, 7) is 10.5. The summed E-state index contributed by atoms with van der Waals surface area (Å²) in [6, 6.07) is 42.0. The number of methoxy groups -OCH3 is 6. The van der Waals surface area contributed by atoms with E-state index in [4.69, 9.17) is 47.4 Å². The van der Waals surface area contributed by atoms with Gasteiger partial charge in [0.25, 0.3) is 37.7 Å². The fourth-order valence-electron chi connectivity index (χ4n) is 12.3. The number of nitrogens with zero attached hydrogens (tertiary/aromatic N) is 3. The maximum absolute atomic E-state index is 12.3. The monoisotopic (exact) mass is 1510 g/mol. The smallest absolute Gasteiger partial charge is 0.353 e. The Morgan fingerprint density at radius 1 is 0.413 bits per heavy atom. The van der Waals surface area contributed by atoms with Crippen molar-refractivity contribution in [1.82, 2.24) is 14.7 Å². The van der Waals surface area contributed by atoms with Crippen molar-refractivity contribution in [2.45, 2.75) is 88.7 Å². The average molecular weight is 1510 g/mol. The quantitative estimate of drug-likeness (QED) is 0.0208. The summed E-state index contributed by atoms with van der Waals surface area (Å²) < 4.78 is 60.7. The minimum absolute atomic E-state index is 0.0583. The van der Waals surface area contributed by atoms with Gasteiger partial charge in [-0.3, -0.25) is 29.0 Å². The van der Waals surface area contributed by atoms with Crippen LogP contribution in [0.3, 0.4) is 0 Å². The molecule has 7 aromatic carbocycles. The summed E-state index contributed by atoms with van der Waals surface area (Å²) >= 11 is 0. The van der Waals surface area contributed by atoms with Crippen LogP contribution >= 0.6 is 0 Å². The van der Waals surface area contributed by atoms with E-state index >= 15 is 0 Å². The third kappa shape index (κ3) is 24.9. The largest absolute Gasteiger partial charge is 0.497 e. The first-order chi connectivity index (χ1) is 52.2. The number of Topliss-reactive ketones (excluding diaryl/α,β-unsaturated/α-hetero) is 2. The molecule has 0 radical (unpaired) electrons. The fourth-order valence-corrected chi connectivity index (χ4v) is 12.3. The number of rotatable bonds is 25. The van der Waals surface area contributed by atoms with E-state index in [-0.39, 0.29) is 70.6 Å². The number of aryl methyl sites for hydroxylation is 3. The predicted octanol–water partition coefficient (Wildman–Crippen LogP) is 9.10. The molecule has 3 saturated heterocycles. The second-order valence-electron chi connectivity index (χ2n) is 25.3. The normalized spacial score (nSPS) is 17.2. The zero-order valence-corrected chi connectivity index (χ0v) is 62.8. The molecule has 0 aromatic heterocycles. The lowest BCUT2D eigenvalue weighted by Gasteiger charge is -2.35. The Kier molecular flexibility index (Phi) is 34.1. The molecule has 28 nitrogen and oxygen atoms in total. The molecular formula is C81H93N3O25. The van der Waals surface area contributed by atoms with E-state index in [0.29, 0.717) is 19.6 Å². The Balaban J connectivity index is 0.000000215. The zero-order chi connectivity index (χ0) is 79.9. The van der Waals surface area contributed by atoms with E-state index in [0.717, 1.165) is 107 Å². The van der Waals surface area contributed by atoms with Crippen molar-refractivity contribution in [2.24, 2.45) is 0 Å². The molecule has 0 amide bonds. The van der Waals surface area contributed by atoms with Gasteiger partial charge in [0.1, 0.15) is 34.5 Å². The number of ketones is 2. The maximum Gasteiger partial charge on any atom is 0.353 e. The Labute approximate surface area is 632 Å². The molecule has 109 heavy (non-hydrogen) atoms. The van der Waals surface area contributed by atoms with Crippen molar-refractivity contribution >= 4 is 60.3 Å². The van der Waals surface area contributed by atoms with E-state index in [1.54, 1.807) is 115 Å². The van der Waals surface area contributed by atoms with Crippen LogP contribution in [0.5, 0.6) is 34.5 Å². The average Bonchev–Trinajstić information content (AvgIpc) is 0.806. The van der Waals surface area contributed by atoms with E-state index in [9.17, 15) is 63.3 Å². The second kappa shape index (κ2) is 43.2. The Morgan fingerprint density at radius 3 is 0.982 bits per heavy atom. The third-order valence-electron chi connectivity index (χ3n) is 17.7. The number of β-amino-alcohol motifs (C(OH)–C–C–N with tert-alkyl or cyclic N) is 1. The van der Waals surface area contributed by atoms with Crippen molar-refractivity contribution in [3.8, 4) is 34.5 Å². The fraction of sp³-hybridized carbons (Fsp3) is 0.358. The standard InChI is InChI=1S/2C18H14O8.C15H23NO3.2C15H21NO3/c2*19-11-24-18(26-17(23)13-9-5-2-6-10-13)14(15(20)21)25-16(22)12-7-3-1-4-8-12;3*1-10-7-11(18-3)8-14(19-4)15(10)12-5-6-16(2)9-13(12)17/h2*1-11,14,18H,(H,20,21);7-8,12-13,17H,5-6,9H2,1-4H3;2*7-8,12H,5-6,9H2,1-4H3/t2*14-,18+;;12-;/m11.0./s1. The van der Waals surface area contributed by atoms with Gasteiger partial charge in [0.2, 0.25) is 0 Å². The van der Waals surface area contributed by atoms with Crippen LogP contribution < -0.4 is 28.4 Å². The third-order valence-corrected chi connectivity index (χ3v) is 17.7. The van der Waals surface area contributed by atoms with Gasteiger partial charge >= 0.3 is 35.8 Å². The molecule has 3 heterocycles. The summed E-state index contributed by atoms with van der Waals surface area (Å²) in [5, 5.41) is 28.9. The number of carboxylic acids is 2. The van der Waals surface area contributed by atoms with E-state index in [2.05, 4.69) is 24.2 Å². The number of likely N-dealkylation sites (N-methyl/N-ethyl adjacent to an activating group) is 3. The second-order valence-corrected chi connectivity index (χ2v) is 25.3. The van der Waals surface area contributed by atoms with Crippen molar-refractivity contribution in [1.29, 1.82) is 0 Å². The number of piperidine rings is 3. The molecule has 10 rings (SSSR count). The van der Waals surface area contributed by atoms with E-state index < -0.39 is 60.6 Å². The van der Waals surface area contributed by atoms with Gasteiger partial charge in [-0.2, -0.15) is 0 Å². The van der Waals surface area contributed by atoms with Gasteiger partial charge in [-0.15, -0.1) is 0 Å². The van der Waals surface area contributed by atoms with Crippen LogP contribution in [0, 0.1) is 20.8 Å². The van der Waals surface area contributed by atoms with Gasteiger partial charge in [0, 0.05) is 59.2 Å². The molecule has 3 unspecified atom stereocenters. The summed E-state index contributed by atoms with van der Waals surface area (Å²) in [7, 11) is 15.9. The lowest BCUT2D eigenvalue weighted by molar-refractivity contribution is -0.188. The number of likely N-dealkylation sites (tertiary alicyclic amines) is 3. The highest BCUT2D eigenvalue weighted by Gasteiger charge is 2.40. The molecule has 0 saturated carbocycles. The van der Waals surface area contributed by atoms with Gasteiger partial charge in [0.05, 0.1) is 84.1 Å². The molecule has 0 spiro atoms. The number of hydrogen-bond donors (Lipinski definition) is 3. The van der Waals surface area contributed by atoms with Crippen LogP contribution in [-0.2, 0) is 57.2 Å². The number of ether oxygens (including phenoxy) is 12. The molecule has 0 aliphatic carbocycles. The van der Waals surface area contributed by atoms with Crippen LogP contribution in [0.1, 0.15) is 112 Å². The Hall–Kier alpha value is -11.7. The molecule has 8 atom stereocenters. The number of carboxylic acid groups (broad SMARTS) is 2. The lowest BCUT2D eigenvalue weighted by Crippen LogP contribution is -2.42. The first-order valence-electron chi connectivity index (χ1n) is 34.4. The number of carbonyl (C=O) groups excluding carboxylic acids is 8. The number of aliphatic hydroxyl groups excluding tert-OH is 1. The van der Waals surface area contributed by atoms with Crippen molar-refractivity contribution in [2.75, 3.05) is 103 Å². The molecule has 3 N–H and O–H groups in total. The Bertz CT molecular complexity index is 3960. The number of esters is 4. The van der Waals surface area contributed by atoms with Gasteiger partial charge in [0.15, 0.2) is 11.6 Å². The number of aliphatic carboxylic acids is 2. The van der Waals surface area contributed by atoms with Crippen LogP contribution in [0.2, 0.25) is 0 Å². The number of aliphatic hydroxyl groups is 1. The summed E-state index contributed by atoms with van der Waals surface area (Å²) in [5.74, 6) is -1.97. The van der Waals surface area contributed by atoms with Crippen molar-refractivity contribution < 1.29 is 120 Å². The molecule has 7 aromatic rings. The molecule has 0 bridgehead atoms. The summed E-state index contributed by atoms with van der Waals surface area (Å²) in [5.41, 5.74) is 6.74. The van der Waals surface area contributed by atoms with Crippen LogP contribution in [0.15, 0.2) is 158 Å². The number of carbonyl (C=O) groups is 10. The highest BCUT2D eigenvalue weighted by atomic mass is 16.7. The first-order valence-corrected chi connectivity index (χ1v) is 34.4. The highest BCUT2D eigenvalue weighted by Crippen LogP contribution is 2.41. The highest BCUT2D eigenvalue weighted by molar-refractivity contribution is 5.94. The molecule has 28 heteroatoms. The molecule has 3 aliphatic heterocycles. The Morgan fingerprint density at radius 2 is 0.706 bits per heavy atom.